The molecule has 0 saturated heterocycles. The second-order valence-electron chi connectivity index (χ2n) is 5.38. The van der Waals surface area contributed by atoms with Crippen molar-refractivity contribution < 1.29 is 4.79 Å². The first-order chi connectivity index (χ1) is 6.80. The molecule has 0 rings (SSSR count). The van der Waals surface area contributed by atoms with Crippen molar-refractivity contribution in [3.8, 4) is 6.07 Å². The first-order valence-corrected chi connectivity index (χ1v) is 9.06. The molecule has 0 aromatic carbocycles. The highest BCUT2D eigenvalue weighted by molar-refractivity contribution is 6.76. The molecule has 15 heavy (non-hydrogen) atoms. The van der Waals surface area contributed by atoms with E-state index in [1.165, 1.54) is 0 Å². The molecule has 0 aromatic rings. The highest BCUT2D eigenvalue weighted by atomic mass is 28.3. The lowest BCUT2D eigenvalue weighted by Gasteiger charge is -2.26. The van der Waals surface area contributed by atoms with Gasteiger partial charge in [0.05, 0.1) is 0 Å². The largest absolute Gasteiger partial charge is 0.283 e. The van der Waals surface area contributed by atoms with Gasteiger partial charge in [-0.1, -0.05) is 38.7 Å². The summed E-state index contributed by atoms with van der Waals surface area (Å²) in [6.45, 7) is 12.8. The zero-order valence-corrected chi connectivity index (χ0v) is 11.2. The Balaban J connectivity index is 4.36. The van der Waals surface area contributed by atoms with Crippen LogP contribution in [-0.2, 0) is 4.79 Å². The van der Waals surface area contributed by atoms with E-state index >= 15 is 0 Å². The first kappa shape index (κ1) is 14.1. The summed E-state index contributed by atoms with van der Waals surface area (Å²) < 4.78 is 0. The normalized spacial score (nSPS) is 15.1. The second-order valence-corrected chi connectivity index (χ2v) is 10.9. The van der Waals surface area contributed by atoms with Gasteiger partial charge in [-0.05, 0) is 11.8 Å². The quantitative estimate of drug-likeness (QED) is 0.394. The maximum absolute atomic E-state index is 11.0. The minimum absolute atomic E-state index is 0.237. The van der Waals surface area contributed by atoms with Crippen LogP contribution < -0.4 is 0 Å². The van der Waals surface area contributed by atoms with Gasteiger partial charge in [-0.25, -0.2) is 0 Å². The average molecular weight is 223 g/mol. The molecule has 0 heterocycles. The lowest BCUT2D eigenvalue weighted by molar-refractivity contribution is -0.114. The molecule has 0 N–H and O–H groups in total. The van der Waals surface area contributed by atoms with Crippen molar-refractivity contribution in [3.63, 3.8) is 0 Å². The molecule has 2 atom stereocenters. The molecule has 0 radical (unpaired) electrons. The van der Waals surface area contributed by atoms with E-state index in [1.807, 2.05) is 13.0 Å². The Morgan fingerprint density at radius 1 is 1.53 bits per heavy atom. The number of carbonyl (C=O) groups excluding carboxylic acids is 1. The summed E-state index contributed by atoms with van der Waals surface area (Å²) in [6.07, 6.45) is 2.30. The minimum atomic E-state index is -1.13. The van der Waals surface area contributed by atoms with Gasteiger partial charge >= 0.3 is 0 Å². The SMILES string of the molecule is C=C[C@H](C[Si](C)(C)C)[C@@H](C)CC(=O)C#N. The molecule has 0 amide bonds. The summed E-state index contributed by atoms with van der Waals surface area (Å²) in [7, 11) is -1.13. The molecule has 0 spiro atoms. The Labute approximate surface area is 94.0 Å². The fraction of sp³-hybridized carbons (Fsp3) is 0.667. The second kappa shape index (κ2) is 5.87. The van der Waals surface area contributed by atoms with E-state index in [1.54, 1.807) is 6.07 Å². The smallest absolute Gasteiger partial charge is 0.232 e. The van der Waals surface area contributed by atoms with Crippen molar-refractivity contribution in [2.45, 2.75) is 39.0 Å². The van der Waals surface area contributed by atoms with Crippen LogP contribution in [0.5, 0.6) is 0 Å². The van der Waals surface area contributed by atoms with Crippen molar-refractivity contribution in [2.75, 3.05) is 0 Å². The zero-order chi connectivity index (χ0) is 12.1. The van der Waals surface area contributed by atoms with Crippen LogP contribution in [0.3, 0.4) is 0 Å². The topological polar surface area (TPSA) is 40.9 Å². The van der Waals surface area contributed by atoms with E-state index in [0.717, 1.165) is 6.04 Å². The lowest BCUT2D eigenvalue weighted by atomic mass is 9.91. The Bertz CT molecular complexity index is 272. The molecular formula is C12H21NOSi. The van der Waals surface area contributed by atoms with Gasteiger partial charge in [0.15, 0.2) is 0 Å². The van der Waals surface area contributed by atoms with Gasteiger partial charge in [-0.15, -0.1) is 6.58 Å². The maximum atomic E-state index is 11.0. The molecule has 0 aliphatic carbocycles. The highest BCUT2D eigenvalue weighted by Gasteiger charge is 2.24. The standard InChI is InChI=1S/C12H21NOSi/c1-6-11(9-15(3,4)5)10(2)7-12(14)8-13/h6,10-11H,1,7,9H2,2-5H3/t10-,11+/m0/s1. The highest BCUT2D eigenvalue weighted by Crippen LogP contribution is 2.26. The van der Waals surface area contributed by atoms with Crippen LogP contribution in [0.4, 0.5) is 0 Å². The summed E-state index contributed by atoms with van der Waals surface area (Å²) in [5, 5.41) is 8.45. The number of Topliss-reactive ketones (excluding diaryl/α,β-unsaturated/α-hetero) is 1. The van der Waals surface area contributed by atoms with E-state index in [9.17, 15) is 4.79 Å². The number of ketones is 1. The fourth-order valence-electron chi connectivity index (χ4n) is 1.71. The van der Waals surface area contributed by atoms with Crippen LogP contribution in [0.1, 0.15) is 13.3 Å². The molecule has 0 unspecified atom stereocenters. The number of nitriles is 1. The van der Waals surface area contributed by atoms with E-state index in [4.69, 9.17) is 5.26 Å². The number of allylic oxidation sites excluding steroid dienone is 1. The van der Waals surface area contributed by atoms with Gasteiger partial charge in [-0.2, -0.15) is 5.26 Å². The van der Waals surface area contributed by atoms with E-state index in [0.29, 0.717) is 12.3 Å². The van der Waals surface area contributed by atoms with Crippen LogP contribution >= 0.6 is 0 Å². The number of carbonyl (C=O) groups is 1. The van der Waals surface area contributed by atoms with E-state index < -0.39 is 8.07 Å². The molecule has 0 aliphatic heterocycles. The number of nitrogens with zero attached hydrogens (tertiary/aromatic N) is 1. The molecule has 3 heteroatoms. The van der Waals surface area contributed by atoms with Crippen LogP contribution in [0.2, 0.25) is 25.7 Å². The third-order valence-corrected chi connectivity index (χ3v) is 4.21. The van der Waals surface area contributed by atoms with Crippen molar-refractivity contribution in [1.29, 1.82) is 5.26 Å². The molecule has 0 fully saturated rings. The van der Waals surface area contributed by atoms with Gasteiger partial charge in [0.1, 0.15) is 6.07 Å². The zero-order valence-electron chi connectivity index (χ0n) is 10.2. The third kappa shape index (κ3) is 6.24. The molecule has 84 valence electrons. The van der Waals surface area contributed by atoms with Crippen molar-refractivity contribution in [3.05, 3.63) is 12.7 Å². The van der Waals surface area contributed by atoms with Crippen LogP contribution in [0.25, 0.3) is 0 Å². The van der Waals surface area contributed by atoms with Gasteiger partial charge in [-0.3, -0.25) is 4.79 Å². The van der Waals surface area contributed by atoms with Crippen LogP contribution in [0.15, 0.2) is 12.7 Å². The first-order valence-electron chi connectivity index (χ1n) is 5.35. The third-order valence-electron chi connectivity index (χ3n) is 2.51. The van der Waals surface area contributed by atoms with Crippen molar-refractivity contribution in [1.82, 2.24) is 0 Å². The molecule has 0 saturated carbocycles. The van der Waals surface area contributed by atoms with Gasteiger partial charge < -0.3 is 0 Å². The lowest BCUT2D eigenvalue weighted by Crippen LogP contribution is -2.26. The Hall–Kier alpha value is -0.883. The van der Waals surface area contributed by atoms with Gasteiger partial charge in [0.25, 0.3) is 0 Å². The number of hydrogen-bond donors (Lipinski definition) is 0. The Kier molecular flexibility index (Phi) is 5.52. The van der Waals surface area contributed by atoms with Crippen molar-refractivity contribution in [2.24, 2.45) is 11.8 Å². The molecule has 0 aliphatic rings. The van der Waals surface area contributed by atoms with Gasteiger partial charge in [0, 0.05) is 14.5 Å². The van der Waals surface area contributed by atoms with Crippen molar-refractivity contribution >= 4 is 13.9 Å². The number of hydrogen-bond acceptors (Lipinski definition) is 2. The molecule has 2 nitrogen and oxygen atoms in total. The van der Waals surface area contributed by atoms with Crippen LogP contribution in [-0.4, -0.2) is 13.9 Å². The van der Waals surface area contributed by atoms with E-state index in [-0.39, 0.29) is 11.7 Å². The molecule has 0 aromatic heterocycles. The predicted molar refractivity (Wildman–Crippen MR) is 66.2 cm³/mol. The average Bonchev–Trinajstić information content (AvgIpc) is 2.12. The van der Waals surface area contributed by atoms with Crippen LogP contribution in [0, 0.1) is 23.2 Å². The summed E-state index contributed by atoms with van der Waals surface area (Å²) in [6, 6.07) is 2.81. The Morgan fingerprint density at radius 2 is 2.07 bits per heavy atom. The number of rotatable bonds is 6. The van der Waals surface area contributed by atoms with Gasteiger partial charge in [0.2, 0.25) is 5.78 Å². The Morgan fingerprint density at radius 3 is 2.40 bits per heavy atom. The minimum Gasteiger partial charge on any atom is -0.283 e. The summed E-state index contributed by atoms with van der Waals surface area (Å²) in [5.74, 6) is 0.292. The molecule has 0 bridgehead atoms. The summed E-state index contributed by atoms with van der Waals surface area (Å²) in [5.41, 5.74) is 0. The monoisotopic (exact) mass is 223 g/mol. The summed E-state index contributed by atoms with van der Waals surface area (Å²) in [4.78, 5) is 11.0. The predicted octanol–water partition coefficient (Wildman–Crippen LogP) is 3.25. The van der Waals surface area contributed by atoms with E-state index in [2.05, 4.69) is 26.2 Å². The molecular weight excluding hydrogens is 202 g/mol. The summed E-state index contributed by atoms with van der Waals surface area (Å²) >= 11 is 0. The maximum Gasteiger partial charge on any atom is 0.232 e. The fourth-order valence-corrected chi connectivity index (χ4v) is 3.70.